The zero-order chi connectivity index (χ0) is 11.3. The minimum absolute atomic E-state index is 0.111. The number of nitrogens with zero attached hydrogens (tertiary/aromatic N) is 1. The van der Waals surface area contributed by atoms with Gasteiger partial charge >= 0.3 is 5.97 Å². The highest BCUT2D eigenvalue weighted by molar-refractivity contribution is 5.95. The maximum absolute atomic E-state index is 11.7. The third-order valence-corrected chi connectivity index (χ3v) is 3.26. The summed E-state index contributed by atoms with van der Waals surface area (Å²) in [4.78, 5) is 11.7. The van der Waals surface area contributed by atoms with Crippen molar-refractivity contribution in [3.8, 4) is 0 Å². The van der Waals surface area contributed by atoms with E-state index in [1.165, 1.54) is 0 Å². The standard InChI is InChI=1S/C11H13N3O2/c1-3-6-8-5(2)13-14-10(8)12-7-4-16-11(15)9(6)7/h6H,3-4H2,1-2H3,(H2,12,13,14). The van der Waals surface area contributed by atoms with E-state index < -0.39 is 0 Å². The van der Waals surface area contributed by atoms with E-state index in [0.29, 0.717) is 6.61 Å². The summed E-state index contributed by atoms with van der Waals surface area (Å²) in [5.74, 6) is 0.752. The summed E-state index contributed by atoms with van der Waals surface area (Å²) in [5.41, 5.74) is 3.76. The number of aromatic amines is 1. The molecule has 0 radical (unpaired) electrons. The molecule has 5 heteroatoms. The molecule has 0 spiro atoms. The first-order valence-corrected chi connectivity index (χ1v) is 5.44. The van der Waals surface area contributed by atoms with Crippen molar-refractivity contribution in [2.45, 2.75) is 26.2 Å². The molecule has 2 N–H and O–H groups in total. The number of hydrogen-bond acceptors (Lipinski definition) is 4. The summed E-state index contributed by atoms with van der Waals surface area (Å²) >= 11 is 0. The molecule has 5 nitrogen and oxygen atoms in total. The van der Waals surface area contributed by atoms with Gasteiger partial charge in [0, 0.05) is 17.2 Å². The lowest BCUT2D eigenvalue weighted by molar-refractivity contribution is -0.136. The van der Waals surface area contributed by atoms with Gasteiger partial charge in [0.15, 0.2) is 5.82 Å². The Morgan fingerprint density at radius 1 is 1.56 bits per heavy atom. The van der Waals surface area contributed by atoms with Crippen LogP contribution in [0.15, 0.2) is 11.3 Å². The molecule has 0 saturated heterocycles. The fourth-order valence-corrected chi connectivity index (χ4v) is 2.53. The molecule has 1 aromatic heterocycles. The number of rotatable bonds is 1. The molecule has 0 bridgehead atoms. The number of ether oxygens (including phenoxy) is 1. The maximum Gasteiger partial charge on any atom is 0.336 e. The van der Waals surface area contributed by atoms with Crippen LogP contribution in [0.3, 0.4) is 0 Å². The van der Waals surface area contributed by atoms with Crippen LogP contribution in [0.5, 0.6) is 0 Å². The van der Waals surface area contributed by atoms with Gasteiger partial charge in [0.1, 0.15) is 6.61 Å². The highest BCUT2D eigenvalue weighted by atomic mass is 16.5. The summed E-state index contributed by atoms with van der Waals surface area (Å²) in [5, 5.41) is 10.3. The Balaban J connectivity index is 2.16. The van der Waals surface area contributed by atoms with Gasteiger partial charge in [-0.3, -0.25) is 5.10 Å². The maximum atomic E-state index is 11.7. The first-order chi connectivity index (χ1) is 7.72. The highest BCUT2D eigenvalue weighted by Crippen LogP contribution is 2.42. The Kier molecular flexibility index (Phi) is 1.83. The largest absolute Gasteiger partial charge is 0.456 e. The van der Waals surface area contributed by atoms with Crippen LogP contribution in [0, 0.1) is 6.92 Å². The fraction of sp³-hybridized carbons (Fsp3) is 0.455. The van der Waals surface area contributed by atoms with Crippen molar-refractivity contribution in [3.05, 3.63) is 22.5 Å². The zero-order valence-electron chi connectivity index (χ0n) is 9.26. The summed E-state index contributed by atoms with van der Waals surface area (Å²) in [6.45, 7) is 4.39. The van der Waals surface area contributed by atoms with Gasteiger partial charge in [-0.25, -0.2) is 4.79 Å². The number of cyclic esters (lactones) is 1. The first kappa shape index (κ1) is 9.45. The van der Waals surface area contributed by atoms with E-state index in [2.05, 4.69) is 22.4 Å². The average Bonchev–Trinajstić information content (AvgIpc) is 2.82. The minimum atomic E-state index is -0.194. The number of carbonyl (C=O) groups is 1. The number of H-pyrrole nitrogens is 1. The highest BCUT2D eigenvalue weighted by Gasteiger charge is 2.38. The molecule has 0 saturated carbocycles. The molecule has 3 heterocycles. The molecular weight excluding hydrogens is 206 g/mol. The van der Waals surface area contributed by atoms with Crippen LogP contribution < -0.4 is 5.32 Å². The van der Waals surface area contributed by atoms with Crippen molar-refractivity contribution in [1.82, 2.24) is 10.2 Å². The predicted molar refractivity (Wildman–Crippen MR) is 58.0 cm³/mol. The van der Waals surface area contributed by atoms with E-state index in [0.717, 1.165) is 34.8 Å². The molecule has 2 aliphatic heterocycles. The summed E-state index contributed by atoms with van der Waals surface area (Å²) < 4.78 is 5.06. The van der Waals surface area contributed by atoms with Crippen molar-refractivity contribution in [1.29, 1.82) is 0 Å². The Labute approximate surface area is 92.9 Å². The third kappa shape index (κ3) is 1.05. The lowest BCUT2D eigenvalue weighted by atomic mass is 9.85. The van der Waals surface area contributed by atoms with Crippen LogP contribution in [0.2, 0.25) is 0 Å². The van der Waals surface area contributed by atoms with Crippen LogP contribution >= 0.6 is 0 Å². The molecule has 16 heavy (non-hydrogen) atoms. The second-order valence-electron chi connectivity index (χ2n) is 4.17. The van der Waals surface area contributed by atoms with Gasteiger partial charge in [-0.05, 0) is 13.3 Å². The van der Waals surface area contributed by atoms with Gasteiger partial charge in [0.25, 0.3) is 0 Å². The number of aromatic nitrogens is 2. The van der Waals surface area contributed by atoms with Crippen molar-refractivity contribution in [2.75, 3.05) is 11.9 Å². The van der Waals surface area contributed by atoms with Crippen molar-refractivity contribution < 1.29 is 9.53 Å². The smallest absolute Gasteiger partial charge is 0.336 e. The topological polar surface area (TPSA) is 67.0 Å². The molecule has 0 aliphatic carbocycles. The van der Waals surface area contributed by atoms with Crippen molar-refractivity contribution in [2.24, 2.45) is 0 Å². The number of hydrogen-bond donors (Lipinski definition) is 2. The second-order valence-corrected chi connectivity index (χ2v) is 4.17. The lowest BCUT2D eigenvalue weighted by Gasteiger charge is -2.22. The van der Waals surface area contributed by atoms with Gasteiger partial charge in [0.05, 0.1) is 11.3 Å². The van der Waals surface area contributed by atoms with Crippen LogP contribution in [-0.2, 0) is 9.53 Å². The van der Waals surface area contributed by atoms with E-state index in [9.17, 15) is 4.79 Å². The van der Waals surface area contributed by atoms with Gasteiger partial charge in [-0.1, -0.05) is 6.92 Å². The van der Waals surface area contributed by atoms with Crippen LogP contribution in [0.1, 0.15) is 30.5 Å². The van der Waals surface area contributed by atoms with Crippen LogP contribution in [-0.4, -0.2) is 22.8 Å². The Hall–Kier alpha value is -1.78. The van der Waals surface area contributed by atoms with Gasteiger partial charge < -0.3 is 10.1 Å². The number of fused-ring (bicyclic) bond motifs is 1. The predicted octanol–water partition coefficient (Wildman–Crippen LogP) is 1.45. The second kappa shape index (κ2) is 3.10. The molecule has 0 aromatic carbocycles. The molecule has 1 unspecified atom stereocenters. The summed E-state index contributed by atoms with van der Waals surface area (Å²) in [6.07, 6.45) is 0.878. The Morgan fingerprint density at radius 3 is 3.12 bits per heavy atom. The molecule has 0 fully saturated rings. The van der Waals surface area contributed by atoms with E-state index in [1.54, 1.807) is 0 Å². The van der Waals surface area contributed by atoms with Gasteiger partial charge in [-0.2, -0.15) is 5.10 Å². The molecule has 0 amide bonds. The molecule has 2 aliphatic rings. The van der Waals surface area contributed by atoms with Crippen LogP contribution in [0.4, 0.5) is 5.82 Å². The Morgan fingerprint density at radius 2 is 2.38 bits per heavy atom. The van der Waals surface area contributed by atoms with Gasteiger partial charge in [-0.15, -0.1) is 0 Å². The van der Waals surface area contributed by atoms with Crippen molar-refractivity contribution in [3.63, 3.8) is 0 Å². The van der Waals surface area contributed by atoms with E-state index in [1.807, 2.05) is 6.92 Å². The SMILES string of the molecule is CCC1C2=C(COC2=O)Nc2n[nH]c(C)c21. The molecule has 3 rings (SSSR count). The minimum Gasteiger partial charge on any atom is -0.456 e. The Bertz CT molecular complexity index is 501. The van der Waals surface area contributed by atoms with E-state index in [4.69, 9.17) is 4.74 Å². The monoisotopic (exact) mass is 219 g/mol. The first-order valence-electron chi connectivity index (χ1n) is 5.44. The third-order valence-electron chi connectivity index (χ3n) is 3.26. The number of nitrogens with one attached hydrogen (secondary N) is 2. The van der Waals surface area contributed by atoms with E-state index >= 15 is 0 Å². The lowest BCUT2D eigenvalue weighted by Crippen LogP contribution is -2.18. The molecule has 1 atom stereocenters. The summed E-state index contributed by atoms with van der Waals surface area (Å²) in [7, 11) is 0. The van der Waals surface area contributed by atoms with Gasteiger partial charge in [0.2, 0.25) is 0 Å². The number of aryl methyl sites for hydroxylation is 1. The number of carbonyl (C=O) groups excluding carboxylic acids is 1. The van der Waals surface area contributed by atoms with E-state index in [-0.39, 0.29) is 11.9 Å². The normalized spacial score (nSPS) is 22.6. The zero-order valence-corrected chi connectivity index (χ0v) is 9.26. The number of esters is 1. The quantitative estimate of drug-likeness (QED) is 0.701. The summed E-state index contributed by atoms with van der Waals surface area (Å²) in [6, 6.07) is 0. The molecular formula is C11H13N3O2. The molecule has 1 aromatic rings. The van der Waals surface area contributed by atoms with Crippen molar-refractivity contribution >= 4 is 11.8 Å². The molecule has 84 valence electrons. The number of anilines is 1. The average molecular weight is 219 g/mol. The fourth-order valence-electron chi connectivity index (χ4n) is 2.53. The van der Waals surface area contributed by atoms with Crippen LogP contribution in [0.25, 0.3) is 0 Å².